The lowest BCUT2D eigenvalue weighted by Gasteiger charge is -2.13. The smallest absolute Gasteiger partial charge is 0.308 e. The number of halogens is 1. The third kappa shape index (κ3) is 3.19. The van der Waals surface area contributed by atoms with E-state index in [4.69, 9.17) is 4.74 Å². The molecule has 92 valence electrons. The summed E-state index contributed by atoms with van der Waals surface area (Å²) in [5, 5.41) is 3.39. The van der Waals surface area contributed by atoms with Crippen molar-refractivity contribution in [3.63, 3.8) is 0 Å². The Bertz CT molecular complexity index is 411. The van der Waals surface area contributed by atoms with E-state index in [0.717, 1.165) is 29.4 Å². The third-order valence-electron chi connectivity index (χ3n) is 3.04. The number of hydrogen-bond acceptors (Lipinski definition) is 4. The van der Waals surface area contributed by atoms with Gasteiger partial charge in [0.25, 0.3) is 0 Å². The minimum absolute atomic E-state index is 0.0395. The second-order valence-corrected chi connectivity index (χ2v) is 5.18. The Morgan fingerprint density at radius 3 is 3.06 bits per heavy atom. The highest BCUT2D eigenvalue weighted by molar-refractivity contribution is 9.10. The standard InChI is InChI=1S/C12H15BrN2O2/c1-17-12(16)8-2-3-10(4-8)15-11-5-9(13)6-14-7-11/h5-8,10,15H,2-4H2,1H3/t8-,10+/m0/s1. The molecule has 0 spiro atoms. The molecule has 1 heterocycles. The predicted octanol–water partition coefficient (Wildman–Crippen LogP) is 2.60. The maximum Gasteiger partial charge on any atom is 0.308 e. The Hall–Kier alpha value is -1.10. The largest absolute Gasteiger partial charge is 0.469 e. The number of aromatic nitrogens is 1. The average Bonchev–Trinajstić information content (AvgIpc) is 2.76. The van der Waals surface area contributed by atoms with Crippen molar-refractivity contribution in [2.45, 2.75) is 25.3 Å². The lowest BCUT2D eigenvalue weighted by molar-refractivity contribution is -0.145. The molecule has 0 bridgehead atoms. The number of carbonyl (C=O) groups excluding carboxylic acids is 1. The van der Waals surface area contributed by atoms with Gasteiger partial charge in [-0.25, -0.2) is 0 Å². The number of esters is 1. The molecule has 1 N–H and O–H groups in total. The summed E-state index contributed by atoms with van der Waals surface area (Å²) in [5.74, 6) is -0.0562. The van der Waals surface area contributed by atoms with Crippen LogP contribution in [0.2, 0.25) is 0 Å². The second-order valence-electron chi connectivity index (χ2n) is 4.27. The molecule has 1 aliphatic rings. The molecule has 1 aromatic rings. The van der Waals surface area contributed by atoms with Crippen molar-refractivity contribution in [2.24, 2.45) is 5.92 Å². The molecule has 0 unspecified atom stereocenters. The number of methoxy groups -OCH3 is 1. The summed E-state index contributed by atoms with van der Waals surface area (Å²) in [5.41, 5.74) is 0.981. The molecular weight excluding hydrogens is 284 g/mol. The van der Waals surface area contributed by atoms with E-state index in [2.05, 4.69) is 26.2 Å². The van der Waals surface area contributed by atoms with Gasteiger partial charge in [0.15, 0.2) is 0 Å². The van der Waals surface area contributed by atoms with Crippen LogP contribution in [0.4, 0.5) is 5.69 Å². The first-order valence-corrected chi connectivity index (χ1v) is 6.43. The molecule has 0 radical (unpaired) electrons. The monoisotopic (exact) mass is 298 g/mol. The van der Waals surface area contributed by atoms with Crippen LogP contribution in [0.15, 0.2) is 22.9 Å². The van der Waals surface area contributed by atoms with Gasteiger partial charge in [0.2, 0.25) is 0 Å². The van der Waals surface area contributed by atoms with E-state index in [1.54, 1.807) is 12.4 Å². The van der Waals surface area contributed by atoms with Gasteiger partial charge < -0.3 is 10.1 Å². The van der Waals surface area contributed by atoms with Gasteiger partial charge in [0, 0.05) is 16.7 Å². The van der Waals surface area contributed by atoms with E-state index in [0.29, 0.717) is 6.04 Å². The van der Waals surface area contributed by atoms with E-state index < -0.39 is 0 Å². The normalized spacial score (nSPS) is 23.4. The quantitative estimate of drug-likeness (QED) is 0.872. The van der Waals surface area contributed by atoms with Crippen molar-refractivity contribution in [1.82, 2.24) is 4.98 Å². The zero-order valence-electron chi connectivity index (χ0n) is 9.65. The number of nitrogens with one attached hydrogen (secondary N) is 1. The zero-order chi connectivity index (χ0) is 12.3. The zero-order valence-corrected chi connectivity index (χ0v) is 11.2. The van der Waals surface area contributed by atoms with Gasteiger partial charge >= 0.3 is 5.97 Å². The number of nitrogens with zero attached hydrogens (tertiary/aromatic N) is 1. The van der Waals surface area contributed by atoms with Gasteiger partial charge in [0.1, 0.15) is 0 Å². The van der Waals surface area contributed by atoms with Crippen LogP contribution in [-0.2, 0) is 9.53 Å². The van der Waals surface area contributed by atoms with Crippen LogP contribution in [-0.4, -0.2) is 24.1 Å². The summed E-state index contributed by atoms with van der Waals surface area (Å²) >= 11 is 3.38. The van der Waals surface area contributed by atoms with Gasteiger partial charge in [-0.05, 0) is 41.3 Å². The van der Waals surface area contributed by atoms with Crippen LogP contribution in [0.3, 0.4) is 0 Å². The molecule has 1 aliphatic carbocycles. The first-order valence-electron chi connectivity index (χ1n) is 5.64. The highest BCUT2D eigenvalue weighted by atomic mass is 79.9. The van der Waals surface area contributed by atoms with Crippen molar-refractivity contribution in [3.8, 4) is 0 Å². The Balaban J connectivity index is 1.92. The SMILES string of the molecule is COC(=O)[C@H]1CC[C@@H](Nc2cncc(Br)c2)C1. The number of ether oxygens (including phenoxy) is 1. The van der Waals surface area contributed by atoms with Crippen molar-refractivity contribution >= 4 is 27.6 Å². The highest BCUT2D eigenvalue weighted by Crippen LogP contribution is 2.29. The fourth-order valence-electron chi connectivity index (χ4n) is 2.22. The Morgan fingerprint density at radius 2 is 2.35 bits per heavy atom. The Kier molecular flexibility index (Phi) is 3.99. The molecule has 1 fully saturated rings. The Labute approximate surface area is 109 Å². The molecule has 2 atom stereocenters. The van der Waals surface area contributed by atoms with E-state index in [-0.39, 0.29) is 11.9 Å². The molecule has 5 heteroatoms. The topological polar surface area (TPSA) is 51.2 Å². The predicted molar refractivity (Wildman–Crippen MR) is 68.7 cm³/mol. The number of hydrogen-bond donors (Lipinski definition) is 1. The number of carbonyl (C=O) groups is 1. The van der Waals surface area contributed by atoms with Gasteiger partial charge in [0.05, 0.1) is 24.9 Å². The van der Waals surface area contributed by atoms with Gasteiger partial charge in [-0.1, -0.05) is 0 Å². The molecule has 1 saturated carbocycles. The molecule has 1 aromatic heterocycles. The molecule has 17 heavy (non-hydrogen) atoms. The van der Waals surface area contributed by atoms with Gasteiger partial charge in [-0.3, -0.25) is 9.78 Å². The van der Waals surface area contributed by atoms with Crippen molar-refractivity contribution < 1.29 is 9.53 Å². The Morgan fingerprint density at radius 1 is 1.53 bits per heavy atom. The molecule has 4 nitrogen and oxygen atoms in total. The number of anilines is 1. The highest BCUT2D eigenvalue weighted by Gasteiger charge is 2.30. The van der Waals surface area contributed by atoms with E-state index in [9.17, 15) is 4.79 Å². The maximum atomic E-state index is 11.4. The molecule has 0 saturated heterocycles. The lowest BCUT2D eigenvalue weighted by atomic mass is 10.1. The number of pyridine rings is 1. The minimum Gasteiger partial charge on any atom is -0.469 e. The third-order valence-corrected chi connectivity index (χ3v) is 3.48. The summed E-state index contributed by atoms with van der Waals surface area (Å²) in [4.78, 5) is 15.5. The second kappa shape index (κ2) is 5.49. The molecular formula is C12H15BrN2O2. The molecule has 0 aliphatic heterocycles. The first kappa shape index (κ1) is 12.4. The average molecular weight is 299 g/mol. The summed E-state index contributed by atoms with van der Waals surface area (Å²) in [6.45, 7) is 0. The van der Waals surface area contributed by atoms with E-state index >= 15 is 0 Å². The number of rotatable bonds is 3. The summed E-state index contributed by atoms with van der Waals surface area (Å²) in [6, 6.07) is 2.31. The lowest BCUT2D eigenvalue weighted by Crippen LogP contribution is -2.18. The summed E-state index contributed by atoms with van der Waals surface area (Å²) < 4.78 is 5.71. The first-order chi connectivity index (χ1) is 8.19. The van der Waals surface area contributed by atoms with Crippen LogP contribution >= 0.6 is 15.9 Å². The fraction of sp³-hybridized carbons (Fsp3) is 0.500. The summed E-state index contributed by atoms with van der Waals surface area (Å²) in [6.07, 6.45) is 6.25. The van der Waals surface area contributed by atoms with Crippen LogP contribution < -0.4 is 5.32 Å². The minimum atomic E-state index is -0.0957. The van der Waals surface area contributed by atoms with E-state index in [1.807, 2.05) is 6.07 Å². The molecule has 2 rings (SSSR count). The van der Waals surface area contributed by atoms with Crippen molar-refractivity contribution in [1.29, 1.82) is 0 Å². The van der Waals surface area contributed by atoms with Crippen LogP contribution in [0.1, 0.15) is 19.3 Å². The van der Waals surface area contributed by atoms with Gasteiger partial charge in [-0.15, -0.1) is 0 Å². The maximum absolute atomic E-state index is 11.4. The van der Waals surface area contributed by atoms with E-state index in [1.165, 1.54) is 7.11 Å². The van der Waals surface area contributed by atoms with Crippen molar-refractivity contribution in [3.05, 3.63) is 22.9 Å². The summed E-state index contributed by atoms with van der Waals surface area (Å²) in [7, 11) is 1.45. The van der Waals surface area contributed by atoms with Crippen LogP contribution in [0.5, 0.6) is 0 Å². The fourth-order valence-corrected chi connectivity index (χ4v) is 2.58. The van der Waals surface area contributed by atoms with Gasteiger partial charge in [-0.2, -0.15) is 0 Å². The van der Waals surface area contributed by atoms with Crippen molar-refractivity contribution in [2.75, 3.05) is 12.4 Å². The molecule has 0 aromatic carbocycles. The van der Waals surface area contributed by atoms with Crippen LogP contribution in [0, 0.1) is 5.92 Å². The molecule has 0 amide bonds. The van der Waals surface area contributed by atoms with Crippen LogP contribution in [0.25, 0.3) is 0 Å².